The normalized spacial score (nSPS) is 15.6. The van der Waals surface area contributed by atoms with Gasteiger partial charge in [0, 0.05) is 63.3 Å². The van der Waals surface area contributed by atoms with Crippen LogP contribution in [0.5, 0.6) is 11.5 Å². The molecular weight excluding hydrogens is 668 g/mol. The van der Waals surface area contributed by atoms with Gasteiger partial charge in [-0.25, -0.2) is 9.97 Å². The number of rotatable bonds is 12. The van der Waals surface area contributed by atoms with Gasteiger partial charge >= 0.3 is 0 Å². The topological polar surface area (TPSA) is 193 Å². The van der Waals surface area contributed by atoms with Gasteiger partial charge in [0.25, 0.3) is 11.8 Å². The number of H-pyrrole nitrogens is 1. The summed E-state index contributed by atoms with van der Waals surface area (Å²) in [5.74, 6) is 0.580. The van der Waals surface area contributed by atoms with Crippen LogP contribution in [0, 0.1) is 0 Å². The number of carbonyl (C=O) groups is 3. The largest absolute Gasteiger partial charge is 0.493 e. The van der Waals surface area contributed by atoms with Crippen molar-refractivity contribution in [3.63, 3.8) is 0 Å². The zero-order chi connectivity index (χ0) is 36.5. The highest BCUT2D eigenvalue weighted by Crippen LogP contribution is 2.38. The van der Waals surface area contributed by atoms with Crippen LogP contribution in [0.25, 0.3) is 11.0 Å². The molecule has 2 aliphatic rings. The van der Waals surface area contributed by atoms with Crippen LogP contribution in [0.15, 0.2) is 72.3 Å². The fourth-order valence-corrected chi connectivity index (χ4v) is 6.32. The number of aryl methyl sites for hydroxylation is 2. The van der Waals surface area contributed by atoms with Crippen LogP contribution in [0.1, 0.15) is 52.2 Å². The summed E-state index contributed by atoms with van der Waals surface area (Å²) in [7, 11) is 4.92. The number of ether oxygens (including phenoxy) is 2. The summed E-state index contributed by atoms with van der Waals surface area (Å²) in [6.45, 7) is 4.72. The van der Waals surface area contributed by atoms with Crippen LogP contribution in [0.2, 0.25) is 0 Å². The average Bonchev–Trinajstić information content (AvgIpc) is 3.90. The van der Waals surface area contributed by atoms with E-state index >= 15 is 0 Å². The fourth-order valence-electron chi connectivity index (χ4n) is 6.32. The number of anilines is 3. The minimum Gasteiger partial charge on any atom is -0.493 e. The molecule has 1 saturated heterocycles. The Kier molecular flexibility index (Phi) is 9.21. The number of methoxy groups -OCH3 is 1. The second-order valence-electron chi connectivity index (χ2n) is 12.7. The van der Waals surface area contributed by atoms with Crippen LogP contribution in [-0.2, 0) is 18.9 Å². The Morgan fingerprint density at radius 1 is 1.12 bits per heavy atom. The van der Waals surface area contributed by atoms with Crippen LogP contribution < -0.4 is 25.4 Å². The fraction of sp³-hybridized carbons (Fsp3) is 0.278. The number of aliphatic hydroxyl groups excluding tert-OH is 1. The van der Waals surface area contributed by atoms with Gasteiger partial charge in [0.2, 0.25) is 5.91 Å². The number of nitrogens with zero attached hydrogens (tertiary/aromatic N) is 6. The lowest BCUT2D eigenvalue weighted by molar-refractivity contribution is -0.116. The van der Waals surface area contributed by atoms with Gasteiger partial charge in [-0.2, -0.15) is 0 Å². The second kappa shape index (κ2) is 14.1. The van der Waals surface area contributed by atoms with E-state index in [9.17, 15) is 19.5 Å². The maximum absolute atomic E-state index is 13.2. The summed E-state index contributed by atoms with van der Waals surface area (Å²) in [5, 5.41) is 20.4. The SMILES string of the molecule is C=C1C[C@H]2C=Nc3cc(OCCCC(=O)Nc4cn(C)c(C(O)Nc5cc(C(=O)Nc6cnc7[nH]ccc7c6)n(C)c5)n4)c(OC)cc3C(=O)N2C1. The minimum atomic E-state index is -1.24. The third-order valence-corrected chi connectivity index (χ3v) is 8.88. The third kappa shape index (κ3) is 6.96. The molecule has 0 aliphatic carbocycles. The maximum atomic E-state index is 13.2. The van der Waals surface area contributed by atoms with E-state index in [1.54, 1.807) is 77.3 Å². The first-order chi connectivity index (χ1) is 25.1. The molecular formula is C36H38N10O6. The number of hydrogen-bond donors (Lipinski definition) is 5. The summed E-state index contributed by atoms with van der Waals surface area (Å²) < 4.78 is 14.7. The van der Waals surface area contributed by atoms with Crippen molar-refractivity contribution in [1.29, 1.82) is 0 Å². The Morgan fingerprint density at radius 2 is 1.96 bits per heavy atom. The Labute approximate surface area is 298 Å². The Morgan fingerprint density at radius 3 is 2.79 bits per heavy atom. The number of aliphatic imine (C=N–C) groups is 1. The number of hydrogen-bond acceptors (Lipinski definition) is 10. The average molecular weight is 707 g/mol. The van der Waals surface area contributed by atoms with Gasteiger partial charge in [-0.1, -0.05) is 12.2 Å². The summed E-state index contributed by atoms with van der Waals surface area (Å²) in [6.07, 6.45) is 8.36. The van der Waals surface area contributed by atoms with Crippen molar-refractivity contribution in [3.05, 3.63) is 84.4 Å². The predicted octanol–water partition coefficient (Wildman–Crippen LogP) is 4.28. The van der Waals surface area contributed by atoms with Crippen LogP contribution >= 0.6 is 0 Å². The molecule has 5 aromatic rings. The number of nitrogens with one attached hydrogen (secondary N) is 4. The summed E-state index contributed by atoms with van der Waals surface area (Å²) in [4.78, 5) is 57.0. The van der Waals surface area contributed by atoms with Crippen LogP contribution in [0.4, 0.5) is 22.9 Å². The molecule has 1 aromatic carbocycles. The lowest BCUT2D eigenvalue weighted by Crippen LogP contribution is -2.35. The minimum absolute atomic E-state index is 0.122. The van der Waals surface area contributed by atoms with Crippen molar-refractivity contribution >= 4 is 57.8 Å². The Balaban J connectivity index is 0.908. The molecule has 6 heterocycles. The molecule has 16 nitrogen and oxygen atoms in total. The highest BCUT2D eigenvalue weighted by atomic mass is 16.5. The molecule has 1 unspecified atom stereocenters. The number of aliphatic hydroxyl groups is 1. The van der Waals surface area contributed by atoms with Gasteiger partial charge in [-0.3, -0.25) is 19.4 Å². The molecule has 4 aromatic heterocycles. The van der Waals surface area contributed by atoms with E-state index in [-0.39, 0.29) is 48.4 Å². The van der Waals surface area contributed by atoms with Crippen LogP contribution in [0.3, 0.4) is 0 Å². The molecule has 16 heteroatoms. The van der Waals surface area contributed by atoms with Crippen LogP contribution in [-0.4, -0.2) is 84.3 Å². The molecule has 0 bridgehead atoms. The predicted molar refractivity (Wildman–Crippen MR) is 194 cm³/mol. The number of fused-ring (bicyclic) bond motifs is 3. The van der Waals surface area contributed by atoms with Crippen molar-refractivity contribution in [2.24, 2.45) is 19.1 Å². The molecule has 1 fully saturated rings. The number of carbonyl (C=O) groups excluding carboxylic acids is 3. The van der Waals surface area contributed by atoms with E-state index in [1.807, 2.05) is 12.1 Å². The standard InChI is InChI=1S/C36H38N10O6/c1-20-10-24-16-38-26-14-29(28(51-4)13-25(26)36(50)46(24)17-20)52-9-5-6-31(47)42-30-19-45(3)33(43-30)35(49)41-23-12-27(44(2)18-23)34(48)40-22-11-21-7-8-37-32(21)39-15-22/h7-8,11-16,18-19,24,35,41,49H,1,5-6,9-10,17H2,2-4H3,(H,37,39)(H,40,48)(H,42,47)/t24-,35?/m0/s1. The lowest BCUT2D eigenvalue weighted by Gasteiger charge is -2.20. The number of amides is 3. The van der Waals surface area contributed by atoms with Crippen molar-refractivity contribution < 1.29 is 29.0 Å². The van der Waals surface area contributed by atoms with E-state index in [0.29, 0.717) is 59.2 Å². The van der Waals surface area contributed by atoms with E-state index in [2.05, 4.69) is 42.5 Å². The van der Waals surface area contributed by atoms with Gasteiger partial charge < -0.3 is 49.5 Å². The van der Waals surface area contributed by atoms with Gasteiger partial charge in [0.15, 0.2) is 29.4 Å². The van der Waals surface area contributed by atoms with E-state index in [0.717, 1.165) is 16.6 Å². The monoisotopic (exact) mass is 706 g/mol. The molecule has 0 spiro atoms. The van der Waals surface area contributed by atoms with Crippen molar-refractivity contribution in [2.45, 2.75) is 31.5 Å². The quantitative estimate of drug-likeness (QED) is 0.0715. The lowest BCUT2D eigenvalue weighted by atomic mass is 10.1. The molecule has 52 heavy (non-hydrogen) atoms. The first-order valence-electron chi connectivity index (χ1n) is 16.6. The van der Waals surface area contributed by atoms with Gasteiger partial charge in [0.1, 0.15) is 11.3 Å². The zero-order valence-corrected chi connectivity index (χ0v) is 28.8. The first-order valence-corrected chi connectivity index (χ1v) is 16.6. The number of pyridine rings is 1. The molecule has 2 aliphatic heterocycles. The number of aromatic nitrogens is 5. The van der Waals surface area contributed by atoms with E-state index < -0.39 is 6.23 Å². The van der Waals surface area contributed by atoms with Crippen molar-refractivity contribution in [1.82, 2.24) is 29.0 Å². The molecule has 268 valence electrons. The second-order valence-corrected chi connectivity index (χ2v) is 12.7. The summed E-state index contributed by atoms with van der Waals surface area (Å²) in [6, 6.07) is 8.50. The van der Waals surface area contributed by atoms with Crippen molar-refractivity contribution in [3.8, 4) is 11.5 Å². The van der Waals surface area contributed by atoms with Gasteiger partial charge in [0.05, 0.1) is 48.6 Å². The summed E-state index contributed by atoms with van der Waals surface area (Å²) in [5.41, 5.74) is 4.05. The molecule has 0 radical (unpaired) electrons. The Bertz CT molecular complexity index is 2230. The van der Waals surface area contributed by atoms with E-state index in [1.165, 1.54) is 7.11 Å². The zero-order valence-electron chi connectivity index (χ0n) is 28.8. The van der Waals surface area contributed by atoms with Crippen molar-refractivity contribution in [2.75, 3.05) is 36.2 Å². The third-order valence-electron chi connectivity index (χ3n) is 8.88. The number of aromatic amines is 1. The first kappa shape index (κ1) is 34.0. The smallest absolute Gasteiger partial charge is 0.272 e. The highest BCUT2D eigenvalue weighted by Gasteiger charge is 2.34. The number of benzene rings is 1. The van der Waals surface area contributed by atoms with E-state index in [4.69, 9.17) is 9.47 Å². The molecule has 3 amide bonds. The number of imidazole rings is 1. The molecule has 0 saturated carbocycles. The summed E-state index contributed by atoms with van der Waals surface area (Å²) >= 11 is 0. The van der Waals surface area contributed by atoms with Gasteiger partial charge in [-0.05, 0) is 37.1 Å². The molecule has 5 N–H and O–H groups in total. The Hall–Kier alpha value is -6.42. The maximum Gasteiger partial charge on any atom is 0.272 e. The molecule has 2 atom stereocenters. The van der Waals surface area contributed by atoms with Gasteiger partial charge in [-0.15, -0.1) is 0 Å². The highest BCUT2D eigenvalue weighted by molar-refractivity contribution is 6.05. The molecule has 7 rings (SSSR count).